The zero-order chi connectivity index (χ0) is 22.5. The number of thiazole rings is 1. The van der Waals surface area contributed by atoms with E-state index >= 15 is 0 Å². The van der Waals surface area contributed by atoms with Crippen LogP contribution in [0, 0.1) is 0 Å². The number of methoxy groups -OCH3 is 2. The van der Waals surface area contributed by atoms with E-state index < -0.39 is 0 Å². The number of carbonyl (C=O) groups excluding carboxylic acids is 2. The van der Waals surface area contributed by atoms with Gasteiger partial charge in [-0.05, 0) is 30.3 Å². The zero-order valence-electron chi connectivity index (χ0n) is 17.4. The van der Waals surface area contributed by atoms with Gasteiger partial charge in [0, 0.05) is 17.0 Å². The summed E-state index contributed by atoms with van der Waals surface area (Å²) in [6.45, 7) is 0.168. The number of nitrogens with one attached hydrogen (secondary N) is 1. The summed E-state index contributed by atoms with van der Waals surface area (Å²) in [6.07, 6.45) is 0.105. The number of Topliss-reactive ketones (excluding diaryl/α,β-unsaturated/α-hetero) is 1. The molecule has 0 atom stereocenters. The quantitative estimate of drug-likeness (QED) is 0.368. The number of anilines is 1. The van der Waals surface area contributed by atoms with Gasteiger partial charge in [-0.25, -0.2) is 4.98 Å². The molecule has 0 bridgehead atoms. The van der Waals surface area contributed by atoms with Crippen molar-refractivity contribution in [1.82, 2.24) is 4.98 Å². The van der Waals surface area contributed by atoms with Gasteiger partial charge in [0.2, 0.25) is 12.7 Å². The largest absolute Gasteiger partial charge is 0.497 e. The minimum absolute atomic E-state index is 0.0343. The van der Waals surface area contributed by atoms with Crippen LogP contribution in [0.15, 0.2) is 46.1 Å². The van der Waals surface area contributed by atoms with Crippen LogP contribution in [0.3, 0.4) is 0 Å². The molecule has 3 aromatic rings. The maximum Gasteiger partial charge on any atom is 0.231 e. The van der Waals surface area contributed by atoms with Gasteiger partial charge in [-0.3, -0.25) is 9.59 Å². The van der Waals surface area contributed by atoms with E-state index in [1.807, 2.05) is 5.38 Å². The summed E-state index contributed by atoms with van der Waals surface area (Å²) in [5.74, 6) is 2.35. The number of rotatable bonds is 9. The Balaban J connectivity index is 1.32. The van der Waals surface area contributed by atoms with Crippen LogP contribution in [-0.4, -0.2) is 43.4 Å². The number of ketones is 1. The third kappa shape index (κ3) is 5.14. The predicted molar refractivity (Wildman–Crippen MR) is 122 cm³/mol. The van der Waals surface area contributed by atoms with Crippen molar-refractivity contribution in [2.45, 2.75) is 10.8 Å². The van der Waals surface area contributed by atoms with Gasteiger partial charge in [0.15, 0.2) is 21.6 Å². The first-order valence-electron chi connectivity index (χ1n) is 9.57. The van der Waals surface area contributed by atoms with E-state index in [4.69, 9.17) is 18.9 Å². The van der Waals surface area contributed by atoms with E-state index in [-0.39, 0.29) is 30.7 Å². The van der Waals surface area contributed by atoms with Crippen LogP contribution in [0.5, 0.6) is 23.0 Å². The Kier molecular flexibility index (Phi) is 6.81. The minimum atomic E-state index is -0.227. The molecule has 1 amide bonds. The molecule has 0 radical (unpaired) electrons. The highest BCUT2D eigenvalue weighted by Crippen LogP contribution is 2.33. The molecule has 32 heavy (non-hydrogen) atoms. The van der Waals surface area contributed by atoms with Gasteiger partial charge < -0.3 is 24.3 Å². The Morgan fingerprint density at radius 3 is 2.78 bits per heavy atom. The molecule has 2 aromatic carbocycles. The molecule has 1 N–H and O–H groups in total. The Labute approximate surface area is 192 Å². The lowest BCUT2D eigenvalue weighted by molar-refractivity contribution is -0.115. The minimum Gasteiger partial charge on any atom is -0.497 e. The molecule has 0 saturated heterocycles. The Morgan fingerprint density at radius 1 is 1.12 bits per heavy atom. The fourth-order valence-corrected chi connectivity index (χ4v) is 4.73. The van der Waals surface area contributed by atoms with Crippen LogP contribution in [0.2, 0.25) is 0 Å². The van der Waals surface area contributed by atoms with Crippen LogP contribution < -0.4 is 24.3 Å². The number of ether oxygens (including phenoxy) is 4. The standard InChI is InChI=1S/C22H20N2O6S2/c1-27-15-4-6-18(28-2)16(9-15)24-21(26)8-14-10-31-22(23-14)32-11-17(25)13-3-5-19-20(7-13)30-12-29-19/h3-7,9-10H,8,11-12H2,1-2H3,(H,24,26). The number of hydrogen-bond donors (Lipinski definition) is 1. The topological polar surface area (TPSA) is 96.0 Å². The molecule has 0 unspecified atom stereocenters. The average molecular weight is 473 g/mol. The molecule has 10 heteroatoms. The third-order valence-electron chi connectivity index (χ3n) is 4.57. The van der Waals surface area contributed by atoms with Gasteiger partial charge in [-0.1, -0.05) is 11.8 Å². The summed E-state index contributed by atoms with van der Waals surface area (Å²) in [6, 6.07) is 10.3. The molecule has 8 nitrogen and oxygen atoms in total. The fourth-order valence-electron chi connectivity index (χ4n) is 2.99. The summed E-state index contributed by atoms with van der Waals surface area (Å²) in [4.78, 5) is 29.4. The molecule has 166 valence electrons. The van der Waals surface area contributed by atoms with E-state index in [9.17, 15) is 9.59 Å². The lowest BCUT2D eigenvalue weighted by atomic mass is 10.1. The molecule has 1 aromatic heterocycles. The van der Waals surface area contributed by atoms with Crippen molar-refractivity contribution < 1.29 is 28.5 Å². The highest BCUT2D eigenvalue weighted by Gasteiger charge is 2.17. The number of thioether (sulfide) groups is 1. The highest BCUT2D eigenvalue weighted by molar-refractivity contribution is 8.01. The van der Waals surface area contributed by atoms with Crippen molar-refractivity contribution in [3.63, 3.8) is 0 Å². The van der Waals surface area contributed by atoms with E-state index in [0.29, 0.717) is 39.9 Å². The molecule has 1 aliphatic rings. The third-order valence-corrected chi connectivity index (χ3v) is 6.64. The van der Waals surface area contributed by atoms with Crippen LogP contribution >= 0.6 is 23.1 Å². The Bertz CT molecular complexity index is 1150. The monoisotopic (exact) mass is 472 g/mol. The first-order chi connectivity index (χ1) is 15.6. The van der Waals surface area contributed by atoms with E-state index in [2.05, 4.69) is 10.3 Å². The number of benzene rings is 2. The summed E-state index contributed by atoms with van der Waals surface area (Å²) < 4.78 is 21.8. The zero-order valence-corrected chi connectivity index (χ0v) is 19.0. The second kappa shape index (κ2) is 9.92. The number of nitrogens with zero attached hydrogens (tertiary/aromatic N) is 1. The second-order valence-electron chi connectivity index (χ2n) is 6.68. The molecule has 2 heterocycles. The van der Waals surface area contributed by atoms with Crippen molar-refractivity contribution in [1.29, 1.82) is 0 Å². The highest BCUT2D eigenvalue weighted by atomic mass is 32.2. The van der Waals surface area contributed by atoms with Crippen molar-refractivity contribution in [3.8, 4) is 23.0 Å². The lowest BCUT2D eigenvalue weighted by Gasteiger charge is -2.11. The maximum absolute atomic E-state index is 12.5. The predicted octanol–water partition coefficient (Wildman–Crippen LogP) is 4.05. The number of aromatic nitrogens is 1. The van der Waals surface area contributed by atoms with Crippen molar-refractivity contribution in [3.05, 3.63) is 53.0 Å². The smallest absolute Gasteiger partial charge is 0.231 e. The van der Waals surface area contributed by atoms with Crippen LogP contribution in [0.25, 0.3) is 0 Å². The van der Waals surface area contributed by atoms with Crippen LogP contribution in [0.4, 0.5) is 5.69 Å². The van der Waals surface area contributed by atoms with Gasteiger partial charge in [0.25, 0.3) is 0 Å². The van der Waals surface area contributed by atoms with Crippen molar-refractivity contribution in [2.24, 2.45) is 0 Å². The average Bonchev–Trinajstić information content (AvgIpc) is 3.46. The molecular formula is C22H20N2O6S2. The van der Waals surface area contributed by atoms with E-state index in [1.54, 1.807) is 43.5 Å². The van der Waals surface area contributed by atoms with E-state index in [1.165, 1.54) is 30.2 Å². The molecule has 4 rings (SSSR count). The summed E-state index contributed by atoms with van der Waals surface area (Å²) in [5.41, 5.74) is 1.72. The fraction of sp³-hybridized carbons (Fsp3) is 0.227. The Morgan fingerprint density at radius 2 is 1.97 bits per heavy atom. The first kappa shape index (κ1) is 22.0. The number of amides is 1. The molecule has 0 spiro atoms. The summed E-state index contributed by atoms with van der Waals surface area (Å²) in [7, 11) is 3.09. The summed E-state index contributed by atoms with van der Waals surface area (Å²) >= 11 is 2.74. The van der Waals surface area contributed by atoms with Crippen molar-refractivity contribution in [2.75, 3.05) is 32.1 Å². The van der Waals surface area contributed by atoms with Gasteiger partial charge in [0.1, 0.15) is 11.5 Å². The van der Waals surface area contributed by atoms with E-state index in [0.717, 1.165) is 4.34 Å². The normalized spacial score (nSPS) is 11.8. The molecule has 0 aliphatic carbocycles. The van der Waals surface area contributed by atoms with Gasteiger partial charge in [-0.15, -0.1) is 11.3 Å². The van der Waals surface area contributed by atoms with Crippen molar-refractivity contribution >= 4 is 40.5 Å². The Hall–Kier alpha value is -3.24. The first-order valence-corrected chi connectivity index (χ1v) is 11.4. The molecule has 1 aliphatic heterocycles. The number of carbonyl (C=O) groups is 2. The van der Waals surface area contributed by atoms with Crippen LogP contribution in [-0.2, 0) is 11.2 Å². The van der Waals surface area contributed by atoms with Gasteiger partial charge in [0.05, 0.1) is 37.8 Å². The van der Waals surface area contributed by atoms with Gasteiger partial charge >= 0.3 is 0 Å². The SMILES string of the molecule is COc1ccc(OC)c(NC(=O)Cc2csc(SCC(=O)c3ccc4c(c3)OCO4)n2)c1. The number of fused-ring (bicyclic) bond motifs is 1. The van der Waals surface area contributed by atoms with Crippen LogP contribution in [0.1, 0.15) is 16.1 Å². The number of hydrogen-bond acceptors (Lipinski definition) is 9. The molecule has 0 fully saturated rings. The summed E-state index contributed by atoms with van der Waals surface area (Å²) in [5, 5.41) is 4.64. The van der Waals surface area contributed by atoms with Gasteiger partial charge in [-0.2, -0.15) is 0 Å². The second-order valence-corrected chi connectivity index (χ2v) is 8.76. The lowest BCUT2D eigenvalue weighted by Crippen LogP contribution is -2.15. The maximum atomic E-state index is 12.5. The molecular weight excluding hydrogens is 452 g/mol. The molecule has 0 saturated carbocycles.